The summed E-state index contributed by atoms with van der Waals surface area (Å²) in [4.78, 5) is 9.31. The summed E-state index contributed by atoms with van der Waals surface area (Å²) >= 11 is 0. The van der Waals surface area contributed by atoms with Crippen LogP contribution in [0.25, 0.3) is 28.5 Å². The molecule has 5 heterocycles. The number of rotatable bonds is 6. The summed E-state index contributed by atoms with van der Waals surface area (Å²) in [6, 6.07) is 6.09. The molecule has 0 bridgehead atoms. The zero-order valence-electron chi connectivity index (χ0n) is 20.3. The Bertz CT molecular complexity index is 1380. The molecule has 10 nitrogen and oxygen atoms in total. The summed E-state index contributed by atoms with van der Waals surface area (Å²) in [5.41, 5.74) is 5.22. The van der Waals surface area contributed by atoms with Crippen molar-refractivity contribution in [1.29, 1.82) is 0 Å². The van der Waals surface area contributed by atoms with Crippen LogP contribution in [0.2, 0.25) is 0 Å². The molecule has 2 aliphatic heterocycles. The van der Waals surface area contributed by atoms with Crippen molar-refractivity contribution >= 4 is 0 Å². The molecule has 10 heteroatoms. The van der Waals surface area contributed by atoms with Gasteiger partial charge < -0.3 is 23.3 Å². The fourth-order valence-corrected chi connectivity index (χ4v) is 4.79. The second-order valence-electron chi connectivity index (χ2n) is 9.54. The summed E-state index contributed by atoms with van der Waals surface area (Å²) in [5, 5.41) is 9.02. The van der Waals surface area contributed by atoms with Crippen molar-refractivity contribution < 1.29 is 18.7 Å². The van der Waals surface area contributed by atoms with E-state index >= 15 is 0 Å². The predicted molar refractivity (Wildman–Crippen MR) is 126 cm³/mol. The molecule has 1 aromatic carbocycles. The van der Waals surface area contributed by atoms with Crippen LogP contribution in [0.4, 0.5) is 0 Å². The Morgan fingerprint density at radius 3 is 2.89 bits per heavy atom. The summed E-state index contributed by atoms with van der Waals surface area (Å²) < 4.78 is 26.4. The minimum Gasteiger partial charge on any atom is -0.497 e. The van der Waals surface area contributed by atoms with Crippen molar-refractivity contribution in [3.05, 3.63) is 47.9 Å². The number of hydrogen-bond donors (Lipinski definition) is 0. The Balaban J connectivity index is 1.49. The van der Waals surface area contributed by atoms with Crippen LogP contribution >= 0.6 is 0 Å². The molecule has 35 heavy (non-hydrogen) atoms. The quantitative estimate of drug-likeness (QED) is 0.366. The Morgan fingerprint density at radius 2 is 2.11 bits per heavy atom. The van der Waals surface area contributed by atoms with Gasteiger partial charge in [0.25, 0.3) is 5.89 Å². The first-order valence-corrected chi connectivity index (χ1v) is 11.8. The van der Waals surface area contributed by atoms with Gasteiger partial charge in [-0.15, -0.1) is 0 Å². The summed E-state index contributed by atoms with van der Waals surface area (Å²) in [6.45, 7) is 6.17. The first-order chi connectivity index (χ1) is 17.0. The first kappa shape index (κ1) is 22.0. The van der Waals surface area contributed by atoms with Gasteiger partial charge in [-0.2, -0.15) is 10.1 Å². The minimum absolute atomic E-state index is 0.405. The highest BCUT2D eigenvalue weighted by atomic mass is 16.5. The van der Waals surface area contributed by atoms with Crippen LogP contribution in [-0.2, 0) is 28.0 Å². The maximum absolute atomic E-state index is 5.61. The topological polar surface area (TPSA) is 102 Å². The number of nitrogens with zero attached hydrogens (tertiary/aromatic N) is 6. The lowest BCUT2D eigenvalue weighted by atomic mass is 10.0. The van der Waals surface area contributed by atoms with Gasteiger partial charge in [-0.1, -0.05) is 5.16 Å². The van der Waals surface area contributed by atoms with E-state index in [0.29, 0.717) is 29.7 Å². The molecule has 2 aliphatic rings. The van der Waals surface area contributed by atoms with Crippen LogP contribution in [0, 0.1) is 5.92 Å². The van der Waals surface area contributed by atoms with E-state index in [2.05, 4.69) is 31.5 Å². The lowest BCUT2D eigenvalue weighted by Gasteiger charge is -2.16. The summed E-state index contributed by atoms with van der Waals surface area (Å²) in [7, 11) is 3.30. The van der Waals surface area contributed by atoms with Gasteiger partial charge >= 0.3 is 0 Å². The van der Waals surface area contributed by atoms with E-state index in [4.69, 9.17) is 28.8 Å². The molecule has 3 aromatic heterocycles. The summed E-state index contributed by atoms with van der Waals surface area (Å²) in [5.74, 6) is 2.09. The standard InChI is InChI=1S/C25H28N6O4/c1-25(2,33-4)24-28-23(29-35-24)21-20-9-16-11-27-31(12-15-7-8-34-13-15)22(16)18-10-17(32-3)5-6-19(18)30(20)14-26-21/h5-6,10-11,14-15H,7-9,12-13H2,1-4H3. The largest absolute Gasteiger partial charge is 0.497 e. The monoisotopic (exact) mass is 476 g/mol. The van der Waals surface area contributed by atoms with Crippen molar-refractivity contribution in [2.24, 2.45) is 5.92 Å². The average Bonchev–Trinajstić information content (AvgIpc) is 3.66. The molecular formula is C25H28N6O4. The van der Waals surface area contributed by atoms with Crippen molar-refractivity contribution in [3.63, 3.8) is 0 Å². The number of methoxy groups -OCH3 is 2. The van der Waals surface area contributed by atoms with Crippen LogP contribution in [0.15, 0.2) is 35.2 Å². The molecule has 1 unspecified atom stereocenters. The third kappa shape index (κ3) is 3.64. The lowest BCUT2D eigenvalue weighted by molar-refractivity contribution is -0.00786. The van der Waals surface area contributed by atoms with Gasteiger partial charge in [-0.3, -0.25) is 4.68 Å². The molecular weight excluding hydrogens is 448 g/mol. The molecule has 0 saturated carbocycles. The molecule has 0 amide bonds. The molecule has 1 fully saturated rings. The first-order valence-electron chi connectivity index (χ1n) is 11.8. The van der Waals surface area contributed by atoms with Gasteiger partial charge in [0.1, 0.15) is 23.4 Å². The molecule has 1 saturated heterocycles. The Kier molecular flexibility index (Phi) is 5.23. The highest BCUT2D eigenvalue weighted by Gasteiger charge is 2.31. The second kappa shape index (κ2) is 8.31. The predicted octanol–water partition coefficient (Wildman–Crippen LogP) is 3.62. The Labute approximate surface area is 202 Å². The normalized spacial score (nSPS) is 17.1. The van der Waals surface area contributed by atoms with Crippen molar-refractivity contribution in [2.45, 2.75) is 38.8 Å². The maximum atomic E-state index is 5.61. The van der Waals surface area contributed by atoms with E-state index in [1.54, 1.807) is 14.2 Å². The van der Waals surface area contributed by atoms with Crippen LogP contribution in [-0.4, -0.2) is 56.9 Å². The molecule has 0 spiro atoms. The van der Waals surface area contributed by atoms with E-state index in [9.17, 15) is 0 Å². The molecule has 182 valence electrons. The van der Waals surface area contributed by atoms with E-state index in [1.165, 1.54) is 0 Å². The van der Waals surface area contributed by atoms with Crippen LogP contribution in [0.3, 0.4) is 0 Å². The highest BCUT2D eigenvalue weighted by molar-refractivity contribution is 5.77. The van der Waals surface area contributed by atoms with Gasteiger partial charge in [-0.25, -0.2) is 4.98 Å². The number of imidazole rings is 1. The molecule has 6 rings (SSSR count). The Morgan fingerprint density at radius 1 is 1.23 bits per heavy atom. The van der Waals surface area contributed by atoms with Crippen molar-refractivity contribution in [3.8, 4) is 34.2 Å². The Hall–Kier alpha value is -3.50. The number of benzene rings is 1. The van der Waals surface area contributed by atoms with E-state index < -0.39 is 5.60 Å². The highest BCUT2D eigenvalue weighted by Crippen LogP contribution is 2.40. The maximum Gasteiger partial charge on any atom is 0.258 e. The number of fused-ring (bicyclic) bond motifs is 5. The molecule has 0 aliphatic carbocycles. The van der Waals surface area contributed by atoms with Gasteiger partial charge in [-0.05, 0) is 38.5 Å². The van der Waals surface area contributed by atoms with Crippen molar-refractivity contribution in [1.82, 2.24) is 29.5 Å². The number of ether oxygens (including phenoxy) is 3. The van der Waals surface area contributed by atoms with Gasteiger partial charge in [0, 0.05) is 43.7 Å². The third-order valence-corrected chi connectivity index (χ3v) is 6.98. The van der Waals surface area contributed by atoms with Crippen LogP contribution < -0.4 is 4.74 Å². The summed E-state index contributed by atoms with van der Waals surface area (Å²) in [6.07, 6.45) is 5.45. The van der Waals surface area contributed by atoms with Gasteiger partial charge in [0.05, 0.1) is 37.0 Å². The molecule has 1 atom stereocenters. The molecule has 0 radical (unpaired) electrons. The zero-order chi connectivity index (χ0) is 24.2. The second-order valence-corrected chi connectivity index (χ2v) is 9.54. The lowest BCUT2D eigenvalue weighted by Crippen LogP contribution is -2.19. The average molecular weight is 477 g/mol. The molecule has 4 aromatic rings. The number of aromatic nitrogens is 6. The van der Waals surface area contributed by atoms with Crippen LogP contribution in [0.5, 0.6) is 5.75 Å². The SMILES string of the molecule is COc1ccc2c(c1)-c1c(cnn1CC1CCOC1)Cc1c(-c3noc(C(C)(C)OC)n3)ncn1-2. The zero-order valence-corrected chi connectivity index (χ0v) is 20.3. The minimum atomic E-state index is -0.691. The number of hydrogen-bond acceptors (Lipinski definition) is 8. The molecule has 0 N–H and O–H groups in total. The van der Waals surface area contributed by atoms with Gasteiger partial charge in [0.2, 0.25) is 5.82 Å². The van der Waals surface area contributed by atoms with Gasteiger partial charge in [0.15, 0.2) is 0 Å². The van der Waals surface area contributed by atoms with E-state index in [-0.39, 0.29) is 0 Å². The fourth-order valence-electron chi connectivity index (χ4n) is 4.79. The van der Waals surface area contributed by atoms with Crippen molar-refractivity contribution in [2.75, 3.05) is 27.4 Å². The third-order valence-electron chi connectivity index (χ3n) is 6.98. The smallest absolute Gasteiger partial charge is 0.258 e. The van der Waals surface area contributed by atoms with Crippen LogP contribution in [0.1, 0.15) is 37.4 Å². The van der Waals surface area contributed by atoms with E-state index in [0.717, 1.165) is 60.1 Å². The fraction of sp³-hybridized carbons (Fsp3) is 0.440. The van der Waals surface area contributed by atoms with E-state index in [1.807, 2.05) is 32.4 Å².